The maximum atomic E-state index is 13.0. The van der Waals surface area contributed by atoms with Crippen molar-refractivity contribution in [3.63, 3.8) is 0 Å². The van der Waals surface area contributed by atoms with Crippen molar-refractivity contribution in [3.8, 4) is 0 Å². The van der Waals surface area contributed by atoms with Gasteiger partial charge < -0.3 is 11.5 Å². The van der Waals surface area contributed by atoms with Crippen LogP contribution in [0.15, 0.2) is 0 Å². The normalized spacial score (nSPS) is 10.5. The SMILES string of the molecule is Nc1c(F)c(CF)c(F)c(N)c1Cl. The lowest BCUT2D eigenvalue weighted by Gasteiger charge is -2.08. The van der Waals surface area contributed by atoms with E-state index in [4.69, 9.17) is 23.1 Å². The number of nitrogens with two attached hydrogens (primary N) is 2. The molecule has 0 atom stereocenters. The molecule has 0 amide bonds. The summed E-state index contributed by atoms with van der Waals surface area (Å²) in [7, 11) is 0. The number of halogens is 4. The average Bonchev–Trinajstić information content (AvgIpc) is 2.13. The second-order valence-electron chi connectivity index (χ2n) is 2.38. The first-order chi connectivity index (χ1) is 6.00. The van der Waals surface area contributed by atoms with Crippen LogP contribution in [0, 0.1) is 11.6 Å². The monoisotopic (exact) mass is 210 g/mol. The van der Waals surface area contributed by atoms with Gasteiger partial charge in [-0.15, -0.1) is 0 Å². The van der Waals surface area contributed by atoms with E-state index in [9.17, 15) is 13.2 Å². The van der Waals surface area contributed by atoms with Gasteiger partial charge in [0, 0.05) is 0 Å². The Labute approximate surface area is 77.3 Å². The Morgan fingerprint density at radius 2 is 1.46 bits per heavy atom. The first-order valence-electron chi connectivity index (χ1n) is 3.27. The minimum Gasteiger partial charge on any atom is -0.395 e. The largest absolute Gasteiger partial charge is 0.395 e. The summed E-state index contributed by atoms with van der Waals surface area (Å²) >= 11 is 5.36. The summed E-state index contributed by atoms with van der Waals surface area (Å²) in [6.07, 6.45) is 0. The topological polar surface area (TPSA) is 52.0 Å². The van der Waals surface area contributed by atoms with Crippen molar-refractivity contribution in [1.29, 1.82) is 0 Å². The number of hydrogen-bond acceptors (Lipinski definition) is 2. The Kier molecular flexibility index (Phi) is 2.56. The number of alkyl halides is 1. The molecule has 6 heteroatoms. The van der Waals surface area contributed by atoms with Gasteiger partial charge in [0.25, 0.3) is 0 Å². The summed E-state index contributed by atoms with van der Waals surface area (Å²) in [4.78, 5) is 0. The summed E-state index contributed by atoms with van der Waals surface area (Å²) in [6, 6.07) is 0. The Hall–Kier alpha value is -1.10. The molecule has 0 aliphatic heterocycles. The molecular weight excluding hydrogens is 205 g/mol. The fraction of sp³-hybridized carbons (Fsp3) is 0.143. The van der Waals surface area contributed by atoms with E-state index in [1.54, 1.807) is 0 Å². The molecule has 72 valence electrons. The molecule has 2 nitrogen and oxygen atoms in total. The van der Waals surface area contributed by atoms with Gasteiger partial charge in [0.1, 0.15) is 6.67 Å². The fourth-order valence-corrected chi connectivity index (χ4v) is 1.04. The molecule has 0 unspecified atom stereocenters. The number of anilines is 2. The third-order valence-electron chi connectivity index (χ3n) is 1.61. The molecule has 1 aromatic carbocycles. The smallest absolute Gasteiger partial charge is 0.156 e. The van der Waals surface area contributed by atoms with Crippen LogP contribution in [0.4, 0.5) is 24.5 Å². The quantitative estimate of drug-likeness (QED) is 0.699. The second kappa shape index (κ2) is 3.33. The van der Waals surface area contributed by atoms with Crippen molar-refractivity contribution in [1.82, 2.24) is 0 Å². The maximum Gasteiger partial charge on any atom is 0.156 e. The van der Waals surface area contributed by atoms with Crippen molar-refractivity contribution in [3.05, 3.63) is 22.2 Å². The molecule has 0 aliphatic carbocycles. The van der Waals surface area contributed by atoms with E-state index >= 15 is 0 Å². The highest BCUT2D eigenvalue weighted by Crippen LogP contribution is 2.34. The highest BCUT2D eigenvalue weighted by Gasteiger charge is 2.19. The highest BCUT2D eigenvalue weighted by molar-refractivity contribution is 6.35. The van der Waals surface area contributed by atoms with Crippen LogP contribution < -0.4 is 11.5 Å². The van der Waals surface area contributed by atoms with E-state index in [-0.39, 0.29) is 0 Å². The first kappa shape index (κ1) is 9.98. The van der Waals surface area contributed by atoms with E-state index in [2.05, 4.69) is 0 Å². The Bertz CT molecular complexity index is 325. The molecule has 0 radical (unpaired) electrons. The van der Waals surface area contributed by atoms with E-state index in [0.29, 0.717) is 0 Å². The maximum absolute atomic E-state index is 13.0. The molecule has 1 rings (SSSR count). The van der Waals surface area contributed by atoms with Gasteiger partial charge in [-0.2, -0.15) is 0 Å². The fourth-order valence-electron chi connectivity index (χ4n) is 0.877. The van der Waals surface area contributed by atoms with Gasteiger partial charge in [0.2, 0.25) is 0 Å². The standard InChI is InChI=1S/C7H6ClF3N2/c8-3-6(12)4(10)2(1-9)5(11)7(3)13/h1,12-13H2. The Balaban J connectivity index is 3.56. The predicted octanol–water partition coefficient (Wildman–Crippen LogP) is 2.25. The Morgan fingerprint density at radius 1 is 1.08 bits per heavy atom. The van der Waals surface area contributed by atoms with Crippen molar-refractivity contribution in [2.24, 2.45) is 0 Å². The third-order valence-corrected chi connectivity index (χ3v) is 2.02. The molecule has 0 aliphatic rings. The number of nitrogen functional groups attached to an aromatic ring is 2. The van der Waals surface area contributed by atoms with Crippen LogP contribution in [0.25, 0.3) is 0 Å². The summed E-state index contributed by atoms with van der Waals surface area (Å²) in [5, 5.41) is -0.424. The van der Waals surface area contributed by atoms with Crippen LogP contribution in [-0.2, 0) is 6.67 Å². The Morgan fingerprint density at radius 3 is 1.77 bits per heavy atom. The summed E-state index contributed by atoms with van der Waals surface area (Å²) in [5.74, 6) is -2.39. The van der Waals surface area contributed by atoms with E-state index in [0.717, 1.165) is 0 Å². The zero-order valence-corrected chi connectivity index (χ0v) is 7.13. The van der Waals surface area contributed by atoms with Gasteiger partial charge in [0.15, 0.2) is 11.6 Å². The molecule has 13 heavy (non-hydrogen) atoms. The van der Waals surface area contributed by atoms with Gasteiger partial charge in [-0.25, -0.2) is 13.2 Å². The molecule has 0 fully saturated rings. The first-order valence-corrected chi connectivity index (χ1v) is 3.64. The molecule has 0 aromatic heterocycles. The average molecular weight is 211 g/mol. The van der Waals surface area contributed by atoms with Gasteiger partial charge in [-0.05, 0) is 0 Å². The zero-order valence-electron chi connectivity index (χ0n) is 6.37. The predicted molar refractivity (Wildman–Crippen MR) is 45.0 cm³/mol. The van der Waals surface area contributed by atoms with E-state index in [1.807, 2.05) is 0 Å². The van der Waals surface area contributed by atoms with E-state index < -0.39 is 40.3 Å². The lowest BCUT2D eigenvalue weighted by molar-refractivity contribution is 0.442. The molecule has 0 heterocycles. The minimum absolute atomic E-state index is 0.424. The number of hydrogen-bond donors (Lipinski definition) is 2. The number of benzene rings is 1. The van der Waals surface area contributed by atoms with Gasteiger partial charge in [-0.1, -0.05) is 11.6 Å². The van der Waals surface area contributed by atoms with E-state index in [1.165, 1.54) is 0 Å². The second-order valence-corrected chi connectivity index (χ2v) is 2.76. The van der Waals surface area contributed by atoms with Gasteiger partial charge >= 0.3 is 0 Å². The van der Waals surface area contributed by atoms with Crippen molar-refractivity contribution in [2.75, 3.05) is 11.5 Å². The highest BCUT2D eigenvalue weighted by atomic mass is 35.5. The van der Waals surface area contributed by atoms with Crippen LogP contribution in [-0.4, -0.2) is 0 Å². The van der Waals surface area contributed by atoms with Crippen LogP contribution in [0.1, 0.15) is 5.56 Å². The van der Waals surface area contributed by atoms with Crippen molar-refractivity contribution < 1.29 is 13.2 Å². The minimum atomic E-state index is -1.32. The van der Waals surface area contributed by atoms with Crippen LogP contribution >= 0.6 is 11.6 Å². The lowest BCUT2D eigenvalue weighted by Crippen LogP contribution is -2.05. The molecule has 0 spiro atoms. The molecular formula is C7H6ClF3N2. The van der Waals surface area contributed by atoms with Crippen molar-refractivity contribution in [2.45, 2.75) is 6.67 Å². The molecule has 1 aromatic rings. The molecule has 0 saturated heterocycles. The zero-order chi connectivity index (χ0) is 10.2. The van der Waals surface area contributed by atoms with Crippen molar-refractivity contribution >= 4 is 23.0 Å². The number of rotatable bonds is 1. The summed E-state index contributed by atoms with van der Waals surface area (Å²) in [5.41, 5.74) is 8.36. The molecule has 0 bridgehead atoms. The lowest BCUT2D eigenvalue weighted by atomic mass is 10.1. The van der Waals surface area contributed by atoms with Crippen LogP contribution in [0.2, 0.25) is 5.02 Å². The van der Waals surface area contributed by atoms with Gasteiger partial charge in [-0.3, -0.25) is 0 Å². The molecule has 4 N–H and O–H groups in total. The summed E-state index contributed by atoms with van der Waals surface area (Å²) in [6.45, 7) is -1.32. The summed E-state index contributed by atoms with van der Waals surface area (Å²) < 4.78 is 38.0. The molecule has 0 saturated carbocycles. The van der Waals surface area contributed by atoms with Crippen LogP contribution in [0.3, 0.4) is 0 Å². The third kappa shape index (κ3) is 1.39. The van der Waals surface area contributed by atoms with Gasteiger partial charge in [0.05, 0.1) is 22.0 Å². The van der Waals surface area contributed by atoms with Crippen LogP contribution in [0.5, 0.6) is 0 Å².